The van der Waals surface area contributed by atoms with Crippen LogP contribution in [0.2, 0.25) is 0 Å². The van der Waals surface area contributed by atoms with Crippen molar-refractivity contribution >= 4 is 10.9 Å². The first kappa shape index (κ1) is 8.29. The van der Waals surface area contributed by atoms with Crippen LogP contribution in [0.15, 0.2) is 49.1 Å². The Bertz CT molecular complexity index is 590. The van der Waals surface area contributed by atoms with Crippen molar-refractivity contribution in [3.63, 3.8) is 0 Å². The highest BCUT2D eigenvalue weighted by Crippen LogP contribution is 2.20. The third-order valence-corrected chi connectivity index (χ3v) is 2.70. The van der Waals surface area contributed by atoms with Crippen molar-refractivity contribution in [1.29, 1.82) is 0 Å². The first-order chi connectivity index (χ1) is 7.36. The summed E-state index contributed by atoms with van der Waals surface area (Å²) in [5.41, 5.74) is 1.24. The predicted octanol–water partition coefficient (Wildman–Crippen LogP) is 2.36. The maximum atomic E-state index is 4.06. The van der Waals surface area contributed by atoms with Crippen molar-refractivity contribution in [3.05, 3.63) is 49.1 Å². The van der Waals surface area contributed by atoms with Gasteiger partial charge in [-0.2, -0.15) is 0 Å². The Morgan fingerprint density at radius 2 is 2.07 bits per heavy atom. The largest absolute Gasteiger partial charge is 0.330 e. The lowest BCUT2D eigenvalue weighted by atomic mass is 10.2. The zero-order valence-corrected chi connectivity index (χ0v) is 8.46. The molecule has 0 saturated carbocycles. The zero-order chi connectivity index (χ0) is 10.3. The van der Waals surface area contributed by atoms with Crippen LogP contribution in [0.1, 0.15) is 0 Å². The molecule has 0 amide bonds. The quantitative estimate of drug-likeness (QED) is 0.587. The van der Waals surface area contributed by atoms with Crippen molar-refractivity contribution in [2.24, 2.45) is 7.05 Å². The molecule has 0 N–H and O–H groups in total. The number of aryl methyl sites for hydroxylation is 1. The summed E-state index contributed by atoms with van der Waals surface area (Å²) in [6, 6.07) is 10.5. The Balaban J connectivity index is 2.33. The van der Waals surface area contributed by atoms with E-state index in [0.717, 1.165) is 5.82 Å². The molecule has 0 aliphatic carbocycles. The molecule has 1 aromatic carbocycles. The van der Waals surface area contributed by atoms with E-state index in [4.69, 9.17) is 0 Å². The topological polar surface area (TPSA) is 22.8 Å². The van der Waals surface area contributed by atoms with Crippen molar-refractivity contribution in [3.8, 4) is 5.82 Å². The first-order valence-electron chi connectivity index (χ1n) is 4.89. The van der Waals surface area contributed by atoms with Crippen LogP contribution in [0.4, 0.5) is 0 Å². The lowest BCUT2D eigenvalue weighted by molar-refractivity contribution is 0.867. The number of benzene rings is 1. The lowest BCUT2D eigenvalue weighted by Crippen LogP contribution is -1.98. The summed E-state index contributed by atoms with van der Waals surface area (Å²) in [7, 11) is 2.07. The summed E-state index contributed by atoms with van der Waals surface area (Å²) in [5.74, 6) is 1.13. The van der Waals surface area contributed by atoms with Gasteiger partial charge in [0.1, 0.15) is 12.1 Å². The Morgan fingerprint density at radius 1 is 1.20 bits per heavy atom. The van der Waals surface area contributed by atoms with Gasteiger partial charge in [-0.15, -0.1) is 0 Å². The molecule has 74 valence electrons. The third kappa shape index (κ3) is 1.16. The molecule has 0 spiro atoms. The Hall–Kier alpha value is -2.03. The predicted molar refractivity (Wildman–Crippen MR) is 60.0 cm³/mol. The molecule has 0 radical (unpaired) electrons. The number of imidazole rings is 1. The molecule has 0 atom stereocenters. The van der Waals surface area contributed by atoms with Gasteiger partial charge in [-0.1, -0.05) is 18.2 Å². The van der Waals surface area contributed by atoms with Crippen LogP contribution >= 0.6 is 0 Å². The van der Waals surface area contributed by atoms with Crippen molar-refractivity contribution in [2.75, 3.05) is 0 Å². The van der Waals surface area contributed by atoms with E-state index in [9.17, 15) is 0 Å². The van der Waals surface area contributed by atoms with Gasteiger partial charge in [-0.25, -0.2) is 4.98 Å². The second-order valence-corrected chi connectivity index (χ2v) is 3.59. The van der Waals surface area contributed by atoms with E-state index in [2.05, 4.69) is 46.9 Å². The van der Waals surface area contributed by atoms with Gasteiger partial charge in [0.05, 0.1) is 0 Å². The zero-order valence-electron chi connectivity index (χ0n) is 8.46. The maximum Gasteiger partial charge on any atom is 0.118 e. The number of aromatic nitrogens is 3. The van der Waals surface area contributed by atoms with Gasteiger partial charge in [0.15, 0.2) is 0 Å². The summed E-state index contributed by atoms with van der Waals surface area (Å²) in [5, 5.41) is 1.25. The monoisotopic (exact) mass is 197 g/mol. The van der Waals surface area contributed by atoms with Crippen LogP contribution in [0.5, 0.6) is 0 Å². The molecular formula is C12H11N3. The smallest absolute Gasteiger partial charge is 0.118 e. The molecule has 3 rings (SSSR count). The molecule has 2 heterocycles. The minimum Gasteiger partial charge on any atom is -0.330 e. The number of para-hydroxylation sites is 1. The molecule has 15 heavy (non-hydrogen) atoms. The van der Waals surface area contributed by atoms with E-state index in [1.807, 2.05) is 17.1 Å². The lowest BCUT2D eigenvalue weighted by Gasteiger charge is -2.03. The van der Waals surface area contributed by atoms with Gasteiger partial charge in [0.25, 0.3) is 0 Å². The van der Waals surface area contributed by atoms with E-state index < -0.39 is 0 Å². The Morgan fingerprint density at radius 3 is 2.80 bits per heavy atom. The van der Waals surface area contributed by atoms with Crippen molar-refractivity contribution in [2.45, 2.75) is 0 Å². The van der Waals surface area contributed by atoms with Crippen molar-refractivity contribution < 1.29 is 0 Å². The summed E-state index contributed by atoms with van der Waals surface area (Å²) < 4.78 is 4.18. The first-order valence-corrected chi connectivity index (χ1v) is 4.89. The number of rotatable bonds is 1. The SMILES string of the molecule is Cn1c(-n2ccnc2)cc2ccccc21. The standard InChI is InChI=1S/C12H11N3/c1-14-11-5-3-2-4-10(11)8-12(14)15-7-6-13-9-15/h2-9H,1H3. The summed E-state index contributed by atoms with van der Waals surface area (Å²) in [6.07, 6.45) is 5.56. The van der Waals surface area contributed by atoms with Crippen LogP contribution in [-0.2, 0) is 7.05 Å². The van der Waals surface area contributed by atoms with Gasteiger partial charge in [-0.05, 0) is 12.1 Å². The number of hydrogen-bond acceptors (Lipinski definition) is 1. The molecule has 0 fully saturated rings. The fourth-order valence-electron chi connectivity index (χ4n) is 1.92. The van der Waals surface area contributed by atoms with Gasteiger partial charge < -0.3 is 4.57 Å². The summed E-state index contributed by atoms with van der Waals surface area (Å²) in [6.45, 7) is 0. The molecule has 0 saturated heterocycles. The third-order valence-electron chi connectivity index (χ3n) is 2.70. The van der Waals surface area contributed by atoms with Crippen LogP contribution in [0.25, 0.3) is 16.7 Å². The number of nitrogens with zero attached hydrogens (tertiary/aromatic N) is 3. The van der Waals surface area contributed by atoms with Crippen LogP contribution < -0.4 is 0 Å². The molecule has 3 nitrogen and oxygen atoms in total. The average molecular weight is 197 g/mol. The number of fused-ring (bicyclic) bond motifs is 1. The molecule has 0 unspecified atom stereocenters. The average Bonchev–Trinajstić information content (AvgIpc) is 2.87. The van der Waals surface area contributed by atoms with E-state index in [-0.39, 0.29) is 0 Å². The number of hydrogen-bond donors (Lipinski definition) is 0. The van der Waals surface area contributed by atoms with E-state index in [0.29, 0.717) is 0 Å². The second-order valence-electron chi connectivity index (χ2n) is 3.59. The fourth-order valence-corrected chi connectivity index (χ4v) is 1.92. The highest BCUT2D eigenvalue weighted by molar-refractivity contribution is 5.83. The highest BCUT2D eigenvalue weighted by Gasteiger charge is 2.05. The van der Waals surface area contributed by atoms with Crippen LogP contribution in [-0.4, -0.2) is 14.1 Å². The fraction of sp³-hybridized carbons (Fsp3) is 0.0833. The van der Waals surface area contributed by atoms with Gasteiger partial charge in [-0.3, -0.25) is 4.57 Å². The summed E-state index contributed by atoms with van der Waals surface area (Å²) in [4.78, 5) is 4.06. The summed E-state index contributed by atoms with van der Waals surface area (Å²) >= 11 is 0. The van der Waals surface area contributed by atoms with E-state index in [1.165, 1.54) is 10.9 Å². The molecular weight excluding hydrogens is 186 g/mol. The van der Waals surface area contributed by atoms with E-state index >= 15 is 0 Å². The van der Waals surface area contributed by atoms with E-state index in [1.54, 1.807) is 6.20 Å². The molecule has 3 heteroatoms. The Labute approximate surface area is 87.6 Å². The minimum atomic E-state index is 1.13. The van der Waals surface area contributed by atoms with Crippen LogP contribution in [0.3, 0.4) is 0 Å². The van der Waals surface area contributed by atoms with Crippen molar-refractivity contribution in [1.82, 2.24) is 14.1 Å². The normalized spacial score (nSPS) is 11.0. The minimum absolute atomic E-state index is 1.13. The van der Waals surface area contributed by atoms with Crippen LogP contribution in [0, 0.1) is 0 Å². The molecule has 0 aliphatic heterocycles. The molecule has 2 aromatic heterocycles. The van der Waals surface area contributed by atoms with Gasteiger partial charge >= 0.3 is 0 Å². The Kier molecular flexibility index (Phi) is 1.65. The highest BCUT2D eigenvalue weighted by atomic mass is 15.2. The maximum absolute atomic E-state index is 4.06. The molecule has 0 aliphatic rings. The van der Waals surface area contributed by atoms with Gasteiger partial charge in [0.2, 0.25) is 0 Å². The second kappa shape index (κ2) is 2.98. The van der Waals surface area contributed by atoms with Gasteiger partial charge in [0, 0.05) is 30.3 Å². The molecule has 0 bridgehead atoms. The molecule has 3 aromatic rings.